The molecule has 1 aromatic heterocycles. The van der Waals surface area contributed by atoms with Crippen LogP contribution in [0.3, 0.4) is 0 Å². The molecule has 0 bridgehead atoms. The van der Waals surface area contributed by atoms with E-state index >= 15 is 0 Å². The van der Waals surface area contributed by atoms with E-state index in [-0.39, 0.29) is 28.8 Å². The summed E-state index contributed by atoms with van der Waals surface area (Å²) in [6.07, 6.45) is 0.585. The Bertz CT molecular complexity index is 607. The van der Waals surface area contributed by atoms with Crippen LogP contribution in [0.2, 0.25) is 0 Å². The number of carbonyl (C=O) groups is 1. The number of hydrogen-bond donors (Lipinski definition) is 1. The molecule has 19 heavy (non-hydrogen) atoms. The summed E-state index contributed by atoms with van der Waals surface area (Å²) in [7, 11) is 1.39. The molecule has 2 atom stereocenters. The van der Waals surface area contributed by atoms with E-state index < -0.39 is 6.23 Å². The van der Waals surface area contributed by atoms with Crippen molar-refractivity contribution in [3.63, 3.8) is 0 Å². The number of aliphatic hydroxyl groups excluding tert-OH is 1. The van der Waals surface area contributed by atoms with Crippen LogP contribution in [-0.4, -0.2) is 40.4 Å². The van der Waals surface area contributed by atoms with Crippen LogP contribution in [0.15, 0.2) is 10.9 Å². The van der Waals surface area contributed by atoms with E-state index in [9.17, 15) is 14.7 Å². The molecule has 3 rings (SSSR count). The molecular weight excluding hydrogens is 248 g/mol. The molecule has 0 aromatic carbocycles. The Labute approximate surface area is 110 Å². The first kappa shape index (κ1) is 12.2. The van der Waals surface area contributed by atoms with Gasteiger partial charge < -0.3 is 19.3 Å². The molecule has 0 radical (unpaired) electrons. The molecule has 2 aliphatic heterocycles. The lowest BCUT2D eigenvalue weighted by Gasteiger charge is -2.38. The summed E-state index contributed by atoms with van der Waals surface area (Å²) in [6, 6.07) is 1.32. The topological polar surface area (TPSA) is 71.8 Å². The summed E-state index contributed by atoms with van der Waals surface area (Å²) in [5.41, 5.74) is 0.804. The van der Waals surface area contributed by atoms with Crippen molar-refractivity contribution in [2.45, 2.75) is 32.0 Å². The summed E-state index contributed by atoms with van der Waals surface area (Å²) in [5.74, 6) is -0.269. The van der Waals surface area contributed by atoms with Crippen molar-refractivity contribution in [1.82, 2.24) is 9.47 Å². The summed E-state index contributed by atoms with van der Waals surface area (Å²) in [6.45, 7) is 2.21. The molecule has 2 aliphatic rings. The first-order valence-corrected chi connectivity index (χ1v) is 6.41. The number of nitrogens with zero attached hydrogens (tertiary/aromatic N) is 2. The van der Waals surface area contributed by atoms with Gasteiger partial charge in [0.15, 0.2) is 11.4 Å². The van der Waals surface area contributed by atoms with E-state index in [1.165, 1.54) is 18.1 Å². The smallest absolute Gasteiger partial charge is 0.276 e. The fraction of sp³-hybridized carbons (Fsp3) is 0.538. The van der Waals surface area contributed by atoms with Gasteiger partial charge in [0.2, 0.25) is 5.43 Å². The van der Waals surface area contributed by atoms with Crippen molar-refractivity contribution in [1.29, 1.82) is 0 Å². The monoisotopic (exact) mass is 264 g/mol. The molecule has 1 amide bonds. The molecule has 6 nitrogen and oxygen atoms in total. The van der Waals surface area contributed by atoms with Crippen molar-refractivity contribution in [2.24, 2.45) is 0 Å². The van der Waals surface area contributed by atoms with Crippen molar-refractivity contribution in [3.05, 3.63) is 27.7 Å². The Kier molecular flexibility index (Phi) is 2.63. The highest BCUT2D eigenvalue weighted by molar-refractivity contribution is 5.96. The van der Waals surface area contributed by atoms with Crippen LogP contribution < -0.4 is 10.2 Å². The SMILES string of the molecule is CCN1C(=O)c2c(OC)c(=O)cc3n2C(CC3)C1O. The van der Waals surface area contributed by atoms with Gasteiger partial charge in [-0.25, -0.2) is 0 Å². The van der Waals surface area contributed by atoms with E-state index in [4.69, 9.17) is 4.74 Å². The molecule has 0 saturated heterocycles. The molecule has 1 aromatic rings. The quantitative estimate of drug-likeness (QED) is 0.824. The average molecular weight is 264 g/mol. The maximum atomic E-state index is 12.4. The highest BCUT2D eigenvalue weighted by atomic mass is 16.5. The van der Waals surface area contributed by atoms with Crippen LogP contribution in [0, 0.1) is 0 Å². The first-order valence-electron chi connectivity index (χ1n) is 6.41. The average Bonchev–Trinajstić information content (AvgIpc) is 2.79. The van der Waals surface area contributed by atoms with Gasteiger partial charge in [0.25, 0.3) is 5.91 Å². The normalized spacial score (nSPS) is 24.6. The summed E-state index contributed by atoms with van der Waals surface area (Å²) >= 11 is 0. The van der Waals surface area contributed by atoms with Crippen LogP contribution >= 0.6 is 0 Å². The minimum absolute atomic E-state index is 0.0750. The first-order chi connectivity index (χ1) is 9.10. The zero-order valence-corrected chi connectivity index (χ0v) is 10.9. The van der Waals surface area contributed by atoms with Gasteiger partial charge in [-0.05, 0) is 19.8 Å². The van der Waals surface area contributed by atoms with E-state index in [1.807, 2.05) is 0 Å². The van der Waals surface area contributed by atoms with Gasteiger partial charge >= 0.3 is 0 Å². The predicted molar refractivity (Wildman–Crippen MR) is 67.3 cm³/mol. The molecule has 2 unspecified atom stereocenters. The largest absolute Gasteiger partial charge is 0.491 e. The van der Waals surface area contributed by atoms with Crippen LogP contribution in [0.1, 0.15) is 35.6 Å². The number of methoxy groups -OCH3 is 1. The summed E-state index contributed by atoms with van der Waals surface area (Å²) < 4.78 is 6.89. The molecule has 1 N–H and O–H groups in total. The number of aryl methyl sites for hydroxylation is 1. The van der Waals surface area contributed by atoms with Crippen molar-refractivity contribution >= 4 is 5.91 Å². The second kappa shape index (κ2) is 4.09. The molecule has 6 heteroatoms. The second-order valence-corrected chi connectivity index (χ2v) is 4.86. The number of carbonyl (C=O) groups excluding carboxylic acids is 1. The van der Waals surface area contributed by atoms with Gasteiger partial charge in [-0.1, -0.05) is 0 Å². The lowest BCUT2D eigenvalue weighted by molar-refractivity contribution is -0.0302. The molecule has 3 heterocycles. The maximum absolute atomic E-state index is 12.4. The number of pyridine rings is 1. The Morgan fingerprint density at radius 2 is 2.21 bits per heavy atom. The molecule has 0 spiro atoms. The van der Waals surface area contributed by atoms with Crippen LogP contribution in [-0.2, 0) is 6.42 Å². The Morgan fingerprint density at radius 1 is 1.47 bits per heavy atom. The number of hydrogen-bond acceptors (Lipinski definition) is 4. The van der Waals surface area contributed by atoms with E-state index in [2.05, 4.69) is 0 Å². The Balaban J connectivity index is 2.32. The molecule has 0 saturated carbocycles. The van der Waals surface area contributed by atoms with Gasteiger partial charge in [-0.3, -0.25) is 9.59 Å². The highest BCUT2D eigenvalue weighted by Crippen LogP contribution is 2.37. The van der Waals surface area contributed by atoms with Crippen molar-refractivity contribution in [2.75, 3.05) is 13.7 Å². The van der Waals surface area contributed by atoms with E-state index in [1.54, 1.807) is 11.5 Å². The number of rotatable bonds is 2. The number of amides is 1. The minimum atomic E-state index is -0.835. The van der Waals surface area contributed by atoms with E-state index in [0.717, 1.165) is 12.1 Å². The van der Waals surface area contributed by atoms with Gasteiger partial charge in [0, 0.05) is 18.3 Å². The van der Waals surface area contributed by atoms with Gasteiger partial charge in [-0.2, -0.15) is 0 Å². The molecule has 0 fully saturated rings. The minimum Gasteiger partial charge on any atom is -0.491 e. The van der Waals surface area contributed by atoms with Gasteiger partial charge in [-0.15, -0.1) is 0 Å². The fourth-order valence-corrected chi connectivity index (χ4v) is 3.13. The van der Waals surface area contributed by atoms with Crippen LogP contribution in [0.25, 0.3) is 0 Å². The maximum Gasteiger partial charge on any atom is 0.276 e. The molecule has 102 valence electrons. The van der Waals surface area contributed by atoms with Crippen molar-refractivity contribution < 1.29 is 14.6 Å². The summed E-state index contributed by atoms with van der Waals surface area (Å²) in [5, 5.41) is 10.3. The zero-order valence-electron chi connectivity index (χ0n) is 10.9. The van der Waals surface area contributed by atoms with Gasteiger partial charge in [0.1, 0.15) is 6.23 Å². The lowest BCUT2D eigenvalue weighted by atomic mass is 10.1. The number of ether oxygens (including phenoxy) is 1. The van der Waals surface area contributed by atoms with Crippen LogP contribution in [0.4, 0.5) is 0 Å². The Hall–Kier alpha value is -1.82. The van der Waals surface area contributed by atoms with Gasteiger partial charge in [0.05, 0.1) is 13.2 Å². The standard InChI is InChI=1S/C13H16N2O4/c1-3-14-12(17)8-5-4-7-6-9(16)11(19-2)10(13(14)18)15(7)8/h6,8,12,17H,3-5H2,1-2H3. The lowest BCUT2D eigenvalue weighted by Crippen LogP contribution is -2.50. The second-order valence-electron chi connectivity index (χ2n) is 4.86. The van der Waals surface area contributed by atoms with Crippen LogP contribution in [0.5, 0.6) is 5.75 Å². The third kappa shape index (κ3) is 1.46. The van der Waals surface area contributed by atoms with Crippen molar-refractivity contribution in [3.8, 4) is 5.75 Å². The molecule has 0 aliphatic carbocycles. The number of aliphatic hydroxyl groups is 1. The molecular formula is C13H16N2O4. The third-order valence-corrected chi connectivity index (χ3v) is 3.99. The number of likely N-dealkylation sites (N-methyl/N-ethyl adjacent to an activating group) is 1. The number of aromatic nitrogens is 1. The predicted octanol–water partition coefficient (Wildman–Crippen LogP) is 0.138. The highest BCUT2D eigenvalue weighted by Gasteiger charge is 2.43. The van der Waals surface area contributed by atoms with E-state index in [0.29, 0.717) is 13.0 Å². The summed E-state index contributed by atoms with van der Waals surface area (Å²) in [4.78, 5) is 25.8. The third-order valence-electron chi connectivity index (χ3n) is 3.99. The fourth-order valence-electron chi connectivity index (χ4n) is 3.13. The Morgan fingerprint density at radius 3 is 2.84 bits per heavy atom. The zero-order chi connectivity index (χ0) is 13.7.